The van der Waals surface area contributed by atoms with Crippen LogP contribution in [0.15, 0.2) is 35.4 Å². The highest BCUT2D eigenvalue weighted by Gasteiger charge is 2.06. The van der Waals surface area contributed by atoms with Gasteiger partial charge in [-0.25, -0.2) is 0 Å². The Morgan fingerprint density at radius 1 is 1.80 bits per heavy atom. The maximum atomic E-state index is 3.88. The van der Waals surface area contributed by atoms with Crippen LogP contribution in [0.1, 0.15) is 6.92 Å². The summed E-state index contributed by atoms with van der Waals surface area (Å²) < 4.78 is 0. The third-order valence-electron chi connectivity index (χ3n) is 1.30. The average Bonchev–Trinajstić information content (AvgIpc) is 2.31. The van der Waals surface area contributed by atoms with Crippen molar-refractivity contribution in [2.24, 2.45) is 0 Å². The number of hydrogen-bond donors (Lipinski definition) is 0. The van der Waals surface area contributed by atoms with Crippen molar-refractivity contribution in [1.82, 2.24) is 4.90 Å². The van der Waals surface area contributed by atoms with Crippen LogP contribution in [0.4, 0.5) is 0 Å². The third kappa shape index (κ3) is 1.67. The van der Waals surface area contributed by atoms with E-state index in [1.807, 2.05) is 24.6 Å². The van der Waals surface area contributed by atoms with Crippen molar-refractivity contribution in [3.63, 3.8) is 0 Å². The van der Waals surface area contributed by atoms with Crippen LogP contribution in [-0.2, 0) is 0 Å². The molecule has 0 atom stereocenters. The highest BCUT2D eigenvalue weighted by molar-refractivity contribution is 8.05. The summed E-state index contributed by atoms with van der Waals surface area (Å²) in [5.41, 5.74) is 0. The molecule has 0 aromatic heterocycles. The molecule has 0 fully saturated rings. The zero-order valence-electron chi connectivity index (χ0n) is 6.08. The van der Waals surface area contributed by atoms with E-state index < -0.39 is 0 Å². The molecule has 0 saturated heterocycles. The molecule has 0 aliphatic carbocycles. The topological polar surface area (TPSA) is 3.24 Å². The lowest BCUT2D eigenvalue weighted by atomic mass is 10.5. The van der Waals surface area contributed by atoms with Gasteiger partial charge in [0.1, 0.15) is 0 Å². The zero-order valence-corrected chi connectivity index (χ0v) is 6.90. The van der Waals surface area contributed by atoms with Crippen LogP contribution in [0, 0.1) is 0 Å². The summed E-state index contributed by atoms with van der Waals surface area (Å²) in [6.07, 6.45) is 6.21. The molecule has 0 N–H and O–H groups in total. The van der Waals surface area contributed by atoms with E-state index in [2.05, 4.69) is 17.6 Å². The summed E-state index contributed by atoms with van der Waals surface area (Å²) in [6.45, 7) is 6.85. The predicted molar refractivity (Wildman–Crippen MR) is 47.4 cm³/mol. The second-order valence-electron chi connectivity index (χ2n) is 2.02. The lowest BCUT2D eigenvalue weighted by molar-refractivity contribution is 0.562. The molecule has 0 amide bonds. The van der Waals surface area contributed by atoms with Gasteiger partial charge in [-0.15, -0.1) is 0 Å². The molecule has 1 rings (SSSR count). The minimum absolute atomic E-state index is 0.943. The Kier molecular flexibility index (Phi) is 2.63. The first-order valence-corrected chi connectivity index (χ1v) is 4.12. The third-order valence-corrected chi connectivity index (χ3v) is 2.07. The van der Waals surface area contributed by atoms with E-state index in [1.54, 1.807) is 11.8 Å². The first-order valence-electron chi connectivity index (χ1n) is 3.24. The monoisotopic (exact) mass is 153 g/mol. The van der Waals surface area contributed by atoms with E-state index in [4.69, 9.17) is 0 Å². The smallest absolute Gasteiger partial charge is 0.0720 e. The first-order chi connectivity index (χ1) is 4.84. The van der Waals surface area contributed by atoms with Gasteiger partial charge >= 0.3 is 0 Å². The van der Waals surface area contributed by atoms with E-state index in [0.29, 0.717) is 0 Å². The molecule has 2 heteroatoms. The molecule has 0 unspecified atom stereocenters. The van der Waals surface area contributed by atoms with Gasteiger partial charge in [0.05, 0.1) is 5.03 Å². The van der Waals surface area contributed by atoms with Crippen molar-refractivity contribution in [3.8, 4) is 0 Å². The molecule has 0 radical (unpaired) electrons. The van der Waals surface area contributed by atoms with Crippen LogP contribution in [0.2, 0.25) is 0 Å². The van der Waals surface area contributed by atoms with Crippen LogP contribution in [0.3, 0.4) is 0 Å². The number of thioether (sulfide) groups is 1. The van der Waals surface area contributed by atoms with Gasteiger partial charge in [0.2, 0.25) is 0 Å². The standard InChI is InChI=1S/C8H11NS/c1-3-4-5-9-6-7-10-8(9)2/h3-4,6-7H,2,5H2,1H3. The van der Waals surface area contributed by atoms with Crippen molar-refractivity contribution in [1.29, 1.82) is 0 Å². The van der Waals surface area contributed by atoms with Gasteiger partial charge in [-0.3, -0.25) is 0 Å². The molecule has 1 heterocycles. The van der Waals surface area contributed by atoms with Gasteiger partial charge in [-0.1, -0.05) is 30.5 Å². The van der Waals surface area contributed by atoms with Crippen molar-refractivity contribution >= 4 is 11.8 Å². The van der Waals surface area contributed by atoms with E-state index in [1.165, 1.54) is 0 Å². The minimum Gasteiger partial charge on any atom is -0.339 e. The molecule has 1 aliphatic rings. The van der Waals surface area contributed by atoms with Gasteiger partial charge in [0, 0.05) is 12.7 Å². The molecule has 0 saturated carbocycles. The Labute approximate surface area is 66.1 Å². The lowest BCUT2D eigenvalue weighted by Gasteiger charge is -2.12. The summed E-state index contributed by atoms with van der Waals surface area (Å²) in [5.74, 6) is 0. The van der Waals surface area contributed by atoms with Gasteiger partial charge in [0.15, 0.2) is 0 Å². The average molecular weight is 153 g/mol. The van der Waals surface area contributed by atoms with E-state index in [-0.39, 0.29) is 0 Å². The summed E-state index contributed by atoms with van der Waals surface area (Å²) in [6, 6.07) is 0. The largest absolute Gasteiger partial charge is 0.339 e. The Bertz CT molecular complexity index is 182. The van der Waals surface area contributed by atoms with Crippen LogP contribution in [0.25, 0.3) is 0 Å². The molecule has 54 valence electrons. The van der Waals surface area contributed by atoms with E-state index in [0.717, 1.165) is 11.6 Å². The minimum atomic E-state index is 0.943. The molecule has 1 nitrogen and oxygen atoms in total. The van der Waals surface area contributed by atoms with Gasteiger partial charge in [-0.2, -0.15) is 0 Å². The van der Waals surface area contributed by atoms with Crippen molar-refractivity contribution in [2.45, 2.75) is 6.92 Å². The van der Waals surface area contributed by atoms with Crippen molar-refractivity contribution < 1.29 is 0 Å². The Balaban J connectivity index is 2.40. The zero-order chi connectivity index (χ0) is 7.40. The molecule has 0 bridgehead atoms. The number of hydrogen-bond acceptors (Lipinski definition) is 2. The van der Waals surface area contributed by atoms with E-state index in [9.17, 15) is 0 Å². The fourth-order valence-electron chi connectivity index (χ4n) is 0.715. The Morgan fingerprint density at radius 3 is 3.10 bits per heavy atom. The summed E-state index contributed by atoms with van der Waals surface area (Å²) in [5, 5.41) is 3.16. The predicted octanol–water partition coefficient (Wildman–Crippen LogP) is 2.55. The van der Waals surface area contributed by atoms with Crippen molar-refractivity contribution in [3.05, 3.63) is 35.4 Å². The molecule has 0 spiro atoms. The fourth-order valence-corrected chi connectivity index (χ4v) is 1.35. The van der Waals surface area contributed by atoms with Gasteiger partial charge in [-0.05, 0) is 12.3 Å². The van der Waals surface area contributed by atoms with Crippen LogP contribution < -0.4 is 0 Å². The summed E-state index contributed by atoms with van der Waals surface area (Å²) in [7, 11) is 0. The SMILES string of the molecule is C=C1SC=CN1CC=CC. The molecule has 1 aliphatic heterocycles. The molecule has 0 aromatic rings. The molecule has 0 aromatic carbocycles. The Morgan fingerprint density at radius 2 is 2.60 bits per heavy atom. The van der Waals surface area contributed by atoms with Crippen LogP contribution in [0.5, 0.6) is 0 Å². The summed E-state index contributed by atoms with van der Waals surface area (Å²) >= 11 is 1.67. The van der Waals surface area contributed by atoms with Crippen LogP contribution in [-0.4, -0.2) is 11.4 Å². The van der Waals surface area contributed by atoms with Crippen molar-refractivity contribution in [2.75, 3.05) is 6.54 Å². The second-order valence-corrected chi connectivity index (χ2v) is 3.00. The van der Waals surface area contributed by atoms with Crippen LogP contribution >= 0.6 is 11.8 Å². The summed E-state index contributed by atoms with van der Waals surface area (Å²) in [4.78, 5) is 2.12. The highest BCUT2D eigenvalue weighted by atomic mass is 32.2. The second kappa shape index (κ2) is 3.52. The Hall–Kier alpha value is -0.630. The van der Waals surface area contributed by atoms with Gasteiger partial charge < -0.3 is 4.90 Å². The lowest BCUT2D eigenvalue weighted by Crippen LogP contribution is -2.09. The number of rotatable bonds is 2. The maximum absolute atomic E-state index is 3.88. The molecular weight excluding hydrogens is 142 g/mol. The fraction of sp³-hybridized carbons (Fsp3) is 0.250. The first kappa shape index (κ1) is 7.48. The normalized spacial score (nSPS) is 17.7. The highest BCUT2D eigenvalue weighted by Crippen LogP contribution is 2.26. The number of nitrogens with zero attached hydrogens (tertiary/aromatic N) is 1. The molecular formula is C8H11NS. The van der Waals surface area contributed by atoms with Gasteiger partial charge in [0.25, 0.3) is 0 Å². The number of allylic oxidation sites excluding steroid dienone is 1. The van der Waals surface area contributed by atoms with E-state index >= 15 is 0 Å². The molecule has 10 heavy (non-hydrogen) atoms. The maximum Gasteiger partial charge on any atom is 0.0720 e. The quantitative estimate of drug-likeness (QED) is 0.561.